The van der Waals surface area contributed by atoms with Gasteiger partial charge >= 0.3 is 0 Å². The Morgan fingerprint density at radius 2 is 0.861 bits per heavy atom. The molecule has 0 saturated carbocycles. The second-order valence-electron chi connectivity index (χ2n) is 9.31. The lowest BCUT2D eigenvalue weighted by Crippen LogP contribution is -1.87. The van der Waals surface area contributed by atoms with E-state index in [2.05, 4.69) is 140 Å². The highest BCUT2D eigenvalue weighted by atomic mass is 14.7. The highest BCUT2D eigenvalue weighted by Crippen LogP contribution is 2.31. The minimum atomic E-state index is 0.993. The normalized spacial score (nSPS) is 11.3. The van der Waals surface area contributed by atoms with Gasteiger partial charge in [-0.3, -0.25) is 0 Å². The molecule has 0 N–H and O–H groups in total. The van der Waals surface area contributed by atoms with Gasteiger partial charge in [-0.15, -0.1) is 0 Å². The van der Waals surface area contributed by atoms with Crippen LogP contribution in [0.3, 0.4) is 0 Å². The van der Waals surface area contributed by atoms with Gasteiger partial charge in [0.1, 0.15) is 0 Å². The first-order valence-corrected chi connectivity index (χ1v) is 12.3. The molecule has 1 nitrogen and oxygen atoms in total. The van der Waals surface area contributed by atoms with Crippen LogP contribution in [0.4, 0.5) is 0 Å². The predicted molar refractivity (Wildman–Crippen MR) is 153 cm³/mol. The Labute approximate surface area is 210 Å². The van der Waals surface area contributed by atoms with Crippen molar-refractivity contribution in [1.29, 1.82) is 0 Å². The Balaban J connectivity index is 1.26. The third kappa shape index (κ3) is 3.72. The maximum Gasteiger partial charge on any atom is 0.0715 e. The average Bonchev–Trinajstić information content (AvgIpc) is 2.96. The van der Waals surface area contributed by atoms with E-state index in [1.165, 1.54) is 43.8 Å². The zero-order chi connectivity index (χ0) is 23.9. The van der Waals surface area contributed by atoms with Crippen LogP contribution in [0.15, 0.2) is 140 Å². The van der Waals surface area contributed by atoms with Crippen molar-refractivity contribution in [2.24, 2.45) is 0 Å². The molecule has 0 spiro atoms. The molecule has 36 heavy (non-hydrogen) atoms. The summed E-state index contributed by atoms with van der Waals surface area (Å²) >= 11 is 0. The first-order valence-electron chi connectivity index (χ1n) is 12.3. The number of fused-ring (bicyclic) bond motifs is 3. The summed E-state index contributed by atoms with van der Waals surface area (Å²) in [5, 5.41) is 6.12. The Morgan fingerprint density at radius 3 is 1.64 bits per heavy atom. The second-order valence-corrected chi connectivity index (χ2v) is 9.31. The number of hydrogen-bond acceptors (Lipinski definition) is 1. The number of rotatable bonds is 3. The van der Waals surface area contributed by atoms with E-state index in [0.29, 0.717) is 0 Å². The summed E-state index contributed by atoms with van der Waals surface area (Å²) in [5.74, 6) is 0. The smallest absolute Gasteiger partial charge is 0.0715 e. The first kappa shape index (κ1) is 20.6. The van der Waals surface area contributed by atoms with Crippen molar-refractivity contribution in [3.05, 3.63) is 140 Å². The molecule has 0 aliphatic carbocycles. The number of nitrogens with zero attached hydrogens (tertiary/aromatic N) is 1. The van der Waals surface area contributed by atoms with Gasteiger partial charge in [-0.25, -0.2) is 4.98 Å². The van der Waals surface area contributed by atoms with E-state index >= 15 is 0 Å². The zero-order valence-electron chi connectivity index (χ0n) is 19.7. The maximum atomic E-state index is 5.02. The zero-order valence-corrected chi connectivity index (χ0v) is 19.7. The van der Waals surface area contributed by atoms with Crippen LogP contribution in [0.25, 0.3) is 66.0 Å². The SMILES string of the molecule is c1ccc(-c2ccc3cc(-c4cccc(-c5ccc6cc7ccccc7cc6n5)c4)ccc3c2)cc1. The molecule has 1 heteroatoms. The lowest BCUT2D eigenvalue weighted by molar-refractivity contribution is 1.40. The topological polar surface area (TPSA) is 12.9 Å². The number of aromatic nitrogens is 1. The van der Waals surface area contributed by atoms with Gasteiger partial charge in [-0.2, -0.15) is 0 Å². The van der Waals surface area contributed by atoms with Crippen LogP contribution in [-0.4, -0.2) is 4.98 Å². The van der Waals surface area contributed by atoms with Gasteiger partial charge in [0, 0.05) is 10.9 Å². The van der Waals surface area contributed by atoms with Gasteiger partial charge in [-0.1, -0.05) is 103 Å². The summed E-state index contributed by atoms with van der Waals surface area (Å²) < 4.78 is 0. The molecule has 168 valence electrons. The average molecular weight is 458 g/mol. The number of pyridine rings is 1. The molecule has 0 bridgehead atoms. The van der Waals surface area contributed by atoms with E-state index in [4.69, 9.17) is 4.98 Å². The van der Waals surface area contributed by atoms with Crippen molar-refractivity contribution in [3.63, 3.8) is 0 Å². The molecule has 0 amide bonds. The molecule has 0 aliphatic rings. The van der Waals surface area contributed by atoms with Gasteiger partial charge in [0.25, 0.3) is 0 Å². The molecule has 6 aromatic carbocycles. The van der Waals surface area contributed by atoms with Crippen LogP contribution in [0.1, 0.15) is 0 Å². The van der Waals surface area contributed by atoms with E-state index in [-0.39, 0.29) is 0 Å². The van der Waals surface area contributed by atoms with E-state index in [0.717, 1.165) is 22.2 Å². The van der Waals surface area contributed by atoms with Crippen molar-refractivity contribution in [1.82, 2.24) is 4.98 Å². The quantitative estimate of drug-likeness (QED) is 0.241. The van der Waals surface area contributed by atoms with Crippen molar-refractivity contribution >= 4 is 32.4 Å². The molecule has 0 fully saturated rings. The third-order valence-electron chi connectivity index (χ3n) is 7.00. The molecule has 0 aliphatic heterocycles. The first-order chi connectivity index (χ1) is 17.8. The predicted octanol–water partition coefficient (Wildman–Crippen LogP) is 9.54. The highest BCUT2D eigenvalue weighted by Gasteiger charge is 2.07. The van der Waals surface area contributed by atoms with Crippen molar-refractivity contribution in [2.75, 3.05) is 0 Å². The van der Waals surface area contributed by atoms with Crippen LogP contribution in [0, 0.1) is 0 Å². The fraction of sp³-hybridized carbons (Fsp3) is 0. The van der Waals surface area contributed by atoms with Crippen molar-refractivity contribution in [3.8, 4) is 33.5 Å². The van der Waals surface area contributed by atoms with E-state index in [1.807, 2.05) is 0 Å². The number of hydrogen-bond donors (Lipinski definition) is 0. The van der Waals surface area contributed by atoms with Crippen LogP contribution in [-0.2, 0) is 0 Å². The molecule has 0 saturated heterocycles. The molecular formula is C35H23N. The monoisotopic (exact) mass is 457 g/mol. The highest BCUT2D eigenvalue weighted by molar-refractivity contribution is 5.97. The van der Waals surface area contributed by atoms with Crippen LogP contribution in [0.2, 0.25) is 0 Å². The summed E-state index contributed by atoms with van der Waals surface area (Å²) in [5.41, 5.74) is 8.04. The molecule has 1 heterocycles. The largest absolute Gasteiger partial charge is 0.248 e. The summed E-state index contributed by atoms with van der Waals surface area (Å²) in [7, 11) is 0. The van der Waals surface area contributed by atoms with Crippen LogP contribution in [0.5, 0.6) is 0 Å². The molecule has 7 rings (SSSR count). The van der Waals surface area contributed by atoms with Gasteiger partial charge in [-0.05, 0) is 80.2 Å². The molecule has 0 radical (unpaired) electrons. The fourth-order valence-electron chi connectivity index (χ4n) is 5.07. The lowest BCUT2D eigenvalue weighted by Gasteiger charge is -2.09. The second kappa shape index (κ2) is 8.48. The van der Waals surface area contributed by atoms with Crippen LogP contribution < -0.4 is 0 Å². The van der Waals surface area contributed by atoms with Crippen LogP contribution >= 0.6 is 0 Å². The Kier molecular flexibility index (Phi) is 4.85. The molecule has 7 aromatic rings. The van der Waals surface area contributed by atoms with Gasteiger partial charge < -0.3 is 0 Å². The lowest BCUT2D eigenvalue weighted by atomic mass is 9.96. The molecule has 0 unspecified atom stereocenters. The van der Waals surface area contributed by atoms with E-state index in [9.17, 15) is 0 Å². The van der Waals surface area contributed by atoms with Gasteiger partial charge in [0.15, 0.2) is 0 Å². The summed E-state index contributed by atoms with van der Waals surface area (Å²) in [4.78, 5) is 5.02. The third-order valence-corrected chi connectivity index (χ3v) is 7.00. The maximum absolute atomic E-state index is 5.02. The van der Waals surface area contributed by atoms with Gasteiger partial charge in [0.2, 0.25) is 0 Å². The molecule has 1 aromatic heterocycles. The van der Waals surface area contributed by atoms with E-state index < -0.39 is 0 Å². The Hall–Kier alpha value is -4.75. The Morgan fingerprint density at radius 1 is 0.306 bits per heavy atom. The minimum Gasteiger partial charge on any atom is -0.248 e. The molecular weight excluding hydrogens is 434 g/mol. The number of benzene rings is 6. The van der Waals surface area contributed by atoms with Crippen molar-refractivity contribution < 1.29 is 0 Å². The van der Waals surface area contributed by atoms with Crippen molar-refractivity contribution in [2.45, 2.75) is 0 Å². The minimum absolute atomic E-state index is 0.993. The summed E-state index contributed by atoms with van der Waals surface area (Å²) in [6, 6.07) is 49.8. The van der Waals surface area contributed by atoms with Gasteiger partial charge in [0.05, 0.1) is 11.2 Å². The molecule has 0 atom stereocenters. The Bertz CT molecular complexity index is 1880. The summed E-state index contributed by atoms with van der Waals surface area (Å²) in [6.07, 6.45) is 0. The standard InChI is InChI=1S/C35H23N/c1-2-7-24(8-3-1)28-13-14-31-20-29(15-16-30(31)19-28)26-11-6-12-32(21-26)34-18-17-33-22-25-9-4-5-10-27(25)23-35(33)36-34/h1-23H. The van der Waals surface area contributed by atoms with E-state index in [1.54, 1.807) is 0 Å². The summed E-state index contributed by atoms with van der Waals surface area (Å²) in [6.45, 7) is 0. The fourth-order valence-corrected chi connectivity index (χ4v) is 5.07.